The summed E-state index contributed by atoms with van der Waals surface area (Å²) in [5.41, 5.74) is 5.77. The number of amides is 2. The van der Waals surface area contributed by atoms with Crippen LogP contribution in [0, 0.1) is 5.92 Å². The van der Waals surface area contributed by atoms with Crippen LogP contribution in [0.5, 0.6) is 0 Å². The maximum Gasteiger partial charge on any atom is 0.246 e. The molecule has 5 heteroatoms. The minimum absolute atomic E-state index is 0.0298. The molecule has 0 unspecified atom stereocenters. The van der Waals surface area contributed by atoms with E-state index in [0.717, 1.165) is 19.3 Å². The third-order valence-corrected chi connectivity index (χ3v) is 3.42. The van der Waals surface area contributed by atoms with Crippen LogP contribution in [-0.4, -0.2) is 42.4 Å². The molecule has 0 aromatic heterocycles. The molecule has 1 heterocycles. The molecule has 2 aliphatic rings. The van der Waals surface area contributed by atoms with Crippen LogP contribution in [0.2, 0.25) is 0 Å². The molecule has 2 atom stereocenters. The lowest BCUT2D eigenvalue weighted by Crippen LogP contribution is -2.38. The van der Waals surface area contributed by atoms with Gasteiger partial charge in [0.25, 0.3) is 0 Å². The van der Waals surface area contributed by atoms with E-state index in [9.17, 15) is 9.59 Å². The van der Waals surface area contributed by atoms with Gasteiger partial charge in [-0.2, -0.15) is 0 Å². The highest BCUT2D eigenvalue weighted by atomic mass is 16.2. The summed E-state index contributed by atoms with van der Waals surface area (Å²) >= 11 is 0. The SMILES string of the molecule is N[C@@H]1CC[C@@H](C(=O)NCCN2CC=CC2=O)C1. The van der Waals surface area contributed by atoms with Gasteiger partial charge in [-0.05, 0) is 19.3 Å². The second-order valence-corrected chi connectivity index (χ2v) is 4.75. The van der Waals surface area contributed by atoms with Crippen molar-refractivity contribution in [3.05, 3.63) is 12.2 Å². The van der Waals surface area contributed by atoms with Gasteiger partial charge < -0.3 is 16.0 Å². The largest absolute Gasteiger partial charge is 0.354 e. The second-order valence-electron chi connectivity index (χ2n) is 4.75. The lowest BCUT2D eigenvalue weighted by atomic mass is 10.1. The summed E-state index contributed by atoms with van der Waals surface area (Å²) in [4.78, 5) is 24.7. The van der Waals surface area contributed by atoms with Crippen molar-refractivity contribution in [3.8, 4) is 0 Å². The number of carbonyl (C=O) groups excluding carboxylic acids is 2. The number of hydrogen-bond acceptors (Lipinski definition) is 3. The van der Waals surface area contributed by atoms with E-state index in [1.165, 1.54) is 0 Å². The molecule has 5 nitrogen and oxygen atoms in total. The summed E-state index contributed by atoms with van der Waals surface area (Å²) in [6.07, 6.45) is 6.01. The molecular formula is C12H19N3O2. The average Bonchev–Trinajstić information content (AvgIpc) is 2.88. The second kappa shape index (κ2) is 5.31. The Morgan fingerprint density at radius 2 is 2.35 bits per heavy atom. The normalized spacial score (nSPS) is 27.8. The fourth-order valence-corrected chi connectivity index (χ4v) is 2.39. The topological polar surface area (TPSA) is 75.4 Å². The van der Waals surface area contributed by atoms with Crippen molar-refractivity contribution in [2.75, 3.05) is 19.6 Å². The number of carbonyl (C=O) groups is 2. The highest BCUT2D eigenvalue weighted by Crippen LogP contribution is 2.23. The molecule has 1 aliphatic heterocycles. The molecule has 17 heavy (non-hydrogen) atoms. The number of nitrogens with one attached hydrogen (secondary N) is 1. The van der Waals surface area contributed by atoms with E-state index in [4.69, 9.17) is 5.73 Å². The monoisotopic (exact) mass is 237 g/mol. The van der Waals surface area contributed by atoms with Crippen molar-refractivity contribution in [1.29, 1.82) is 0 Å². The smallest absolute Gasteiger partial charge is 0.246 e. The quantitative estimate of drug-likeness (QED) is 0.700. The summed E-state index contributed by atoms with van der Waals surface area (Å²) in [5.74, 6) is 0.178. The fourth-order valence-electron chi connectivity index (χ4n) is 2.39. The number of nitrogens with two attached hydrogens (primary N) is 1. The molecule has 0 bridgehead atoms. The van der Waals surface area contributed by atoms with E-state index in [0.29, 0.717) is 19.6 Å². The van der Waals surface area contributed by atoms with Crippen molar-refractivity contribution in [3.63, 3.8) is 0 Å². The summed E-state index contributed by atoms with van der Waals surface area (Å²) < 4.78 is 0. The Balaban J connectivity index is 1.65. The molecule has 0 spiro atoms. The molecule has 0 aromatic rings. The number of hydrogen-bond donors (Lipinski definition) is 2. The molecule has 1 saturated carbocycles. The Morgan fingerprint density at radius 1 is 1.53 bits per heavy atom. The van der Waals surface area contributed by atoms with Crippen LogP contribution in [0.15, 0.2) is 12.2 Å². The van der Waals surface area contributed by atoms with Gasteiger partial charge in [0.1, 0.15) is 0 Å². The fraction of sp³-hybridized carbons (Fsp3) is 0.667. The van der Waals surface area contributed by atoms with Crippen LogP contribution in [0.1, 0.15) is 19.3 Å². The Hall–Kier alpha value is -1.36. The molecule has 3 N–H and O–H groups in total. The van der Waals surface area contributed by atoms with E-state index < -0.39 is 0 Å². The first kappa shape index (κ1) is 12.1. The zero-order valence-electron chi connectivity index (χ0n) is 9.89. The first-order valence-electron chi connectivity index (χ1n) is 6.15. The van der Waals surface area contributed by atoms with Crippen molar-refractivity contribution >= 4 is 11.8 Å². The van der Waals surface area contributed by atoms with Gasteiger partial charge in [-0.15, -0.1) is 0 Å². The Bertz CT molecular complexity index is 341. The molecule has 0 radical (unpaired) electrons. The zero-order valence-corrected chi connectivity index (χ0v) is 9.89. The van der Waals surface area contributed by atoms with E-state index in [2.05, 4.69) is 5.32 Å². The van der Waals surface area contributed by atoms with Crippen LogP contribution in [0.3, 0.4) is 0 Å². The molecule has 2 amide bonds. The summed E-state index contributed by atoms with van der Waals surface area (Å²) in [5, 5.41) is 2.88. The zero-order chi connectivity index (χ0) is 12.3. The third kappa shape index (κ3) is 3.06. The molecule has 94 valence electrons. The molecule has 1 aliphatic carbocycles. The molecule has 0 aromatic carbocycles. The maximum absolute atomic E-state index is 11.8. The van der Waals surface area contributed by atoms with Gasteiger partial charge in [-0.1, -0.05) is 6.08 Å². The van der Waals surface area contributed by atoms with Crippen LogP contribution in [0.4, 0.5) is 0 Å². The van der Waals surface area contributed by atoms with Crippen LogP contribution in [0.25, 0.3) is 0 Å². The van der Waals surface area contributed by atoms with Gasteiger partial charge >= 0.3 is 0 Å². The van der Waals surface area contributed by atoms with Gasteiger partial charge in [0.15, 0.2) is 0 Å². The maximum atomic E-state index is 11.8. The predicted octanol–water partition coefficient (Wildman–Crippen LogP) is -0.372. The Kier molecular flexibility index (Phi) is 3.78. The standard InChI is InChI=1S/C12H19N3O2/c13-10-4-3-9(8-10)12(17)14-5-7-15-6-1-2-11(15)16/h1-2,9-10H,3-8,13H2,(H,14,17)/t9-,10-/m1/s1. The lowest BCUT2D eigenvalue weighted by Gasteiger charge is -2.17. The van der Waals surface area contributed by atoms with Crippen LogP contribution >= 0.6 is 0 Å². The van der Waals surface area contributed by atoms with Crippen molar-refractivity contribution in [2.45, 2.75) is 25.3 Å². The van der Waals surface area contributed by atoms with Gasteiger partial charge in [0, 0.05) is 37.7 Å². The minimum atomic E-state index is 0.0298. The number of rotatable bonds is 4. The predicted molar refractivity (Wildman–Crippen MR) is 64.0 cm³/mol. The first-order valence-corrected chi connectivity index (χ1v) is 6.15. The van der Waals surface area contributed by atoms with Gasteiger partial charge in [0.2, 0.25) is 11.8 Å². The van der Waals surface area contributed by atoms with E-state index in [-0.39, 0.29) is 23.8 Å². The average molecular weight is 237 g/mol. The Morgan fingerprint density at radius 3 is 2.94 bits per heavy atom. The summed E-state index contributed by atoms with van der Waals surface area (Å²) in [7, 11) is 0. The van der Waals surface area contributed by atoms with Gasteiger partial charge in [-0.25, -0.2) is 0 Å². The molecule has 0 saturated heterocycles. The van der Waals surface area contributed by atoms with Crippen molar-refractivity contribution in [2.24, 2.45) is 11.7 Å². The summed E-state index contributed by atoms with van der Waals surface area (Å²) in [6.45, 7) is 1.76. The highest BCUT2D eigenvalue weighted by Gasteiger charge is 2.27. The van der Waals surface area contributed by atoms with Crippen molar-refractivity contribution in [1.82, 2.24) is 10.2 Å². The molecule has 1 fully saturated rings. The summed E-state index contributed by atoms with van der Waals surface area (Å²) in [6, 6.07) is 0.176. The van der Waals surface area contributed by atoms with Crippen LogP contribution < -0.4 is 11.1 Å². The highest BCUT2D eigenvalue weighted by molar-refractivity contribution is 5.90. The minimum Gasteiger partial charge on any atom is -0.354 e. The van der Waals surface area contributed by atoms with E-state index in [1.807, 2.05) is 6.08 Å². The van der Waals surface area contributed by atoms with Crippen LogP contribution in [-0.2, 0) is 9.59 Å². The third-order valence-electron chi connectivity index (χ3n) is 3.42. The van der Waals surface area contributed by atoms with Gasteiger partial charge in [0.05, 0.1) is 0 Å². The molecular weight excluding hydrogens is 218 g/mol. The first-order chi connectivity index (χ1) is 8.16. The number of nitrogens with zero attached hydrogens (tertiary/aromatic N) is 1. The van der Waals surface area contributed by atoms with E-state index >= 15 is 0 Å². The van der Waals surface area contributed by atoms with Crippen molar-refractivity contribution < 1.29 is 9.59 Å². The lowest BCUT2D eigenvalue weighted by molar-refractivity contribution is -0.127. The Labute approximate surface area is 101 Å². The molecule has 2 rings (SSSR count). The van der Waals surface area contributed by atoms with E-state index in [1.54, 1.807) is 11.0 Å². The van der Waals surface area contributed by atoms with Gasteiger partial charge in [-0.3, -0.25) is 9.59 Å².